The van der Waals surface area contributed by atoms with Crippen LogP contribution in [0.3, 0.4) is 0 Å². The second kappa shape index (κ2) is 14.4. The van der Waals surface area contributed by atoms with E-state index >= 15 is 0 Å². The number of hydrogen-bond donors (Lipinski definition) is 0. The number of rotatable bonds is 7. The van der Waals surface area contributed by atoms with Crippen LogP contribution >= 0.6 is 0 Å². The number of fused-ring (bicyclic) bond motifs is 3. The molecule has 0 aliphatic heterocycles. The van der Waals surface area contributed by atoms with Gasteiger partial charge in [0.1, 0.15) is 11.6 Å². The Kier molecular flexibility index (Phi) is 8.52. The number of aromatic nitrogens is 3. The van der Waals surface area contributed by atoms with Crippen molar-refractivity contribution in [3.63, 3.8) is 0 Å². The summed E-state index contributed by atoms with van der Waals surface area (Å²) in [4.78, 5) is 10.4. The molecule has 0 aliphatic rings. The highest BCUT2D eigenvalue weighted by Crippen LogP contribution is 2.40. The maximum Gasteiger partial charge on any atom is 0.160 e. The first-order valence-corrected chi connectivity index (χ1v) is 19.1. The van der Waals surface area contributed by atoms with E-state index in [-0.39, 0.29) is 0 Å². The van der Waals surface area contributed by atoms with Crippen LogP contribution in [-0.4, -0.2) is 14.5 Å². The molecule has 0 radical (unpaired) electrons. The highest BCUT2D eigenvalue weighted by atomic mass is 15.0. The molecule has 2 aromatic heterocycles. The molecule has 0 bridgehead atoms. The minimum Gasteiger partial charge on any atom is -0.309 e. The number of benzene rings is 8. The van der Waals surface area contributed by atoms with Crippen LogP contribution in [0.15, 0.2) is 206 Å². The molecule has 0 unspecified atom stereocenters. The summed E-state index contributed by atoms with van der Waals surface area (Å²) in [5.41, 5.74) is 14.2. The Morgan fingerprint density at radius 3 is 1.16 bits per heavy atom. The summed E-state index contributed by atoms with van der Waals surface area (Å²) in [5.74, 6) is 0.546. The second-order valence-corrected chi connectivity index (χ2v) is 14.1. The lowest BCUT2D eigenvalue weighted by atomic mass is 9.98. The van der Waals surface area contributed by atoms with E-state index in [1.54, 1.807) is 0 Å². The van der Waals surface area contributed by atoms with Gasteiger partial charge in [0.15, 0.2) is 5.82 Å². The van der Waals surface area contributed by atoms with Gasteiger partial charge in [-0.1, -0.05) is 164 Å². The number of nitrogens with zero attached hydrogens (tertiary/aromatic N) is 4. The summed E-state index contributed by atoms with van der Waals surface area (Å²) in [6.07, 6.45) is 0. The molecular formula is C53H34N4. The first-order chi connectivity index (χ1) is 28.2. The third-order valence-electron chi connectivity index (χ3n) is 10.6. The molecule has 0 amide bonds. The molecule has 8 aromatic carbocycles. The van der Waals surface area contributed by atoms with Crippen molar-refractivity contribution in [3.05, 3.63) is 212 Å². The van der Waals surface area contributed by atoms with E-state index in [4.69, 9.17) is 9.97 Å². The van der Waals surface area contributed by atoms with Crippen molar-refractivity contribution in [2.45, 2.75) is 0 Å². The topological polar surface area (TPSA) is 54.5 Å². The van der Waals surface area contributed by atoms with Crippen LogP contribution in [-0.2, 0) is 0 Å². The van der Waals surface area contributed by atoms with Crippen molar-refractivity contribution in [1.82, 2.24) is 14.5 Å². The van der Waals surface area contributed by atoms with Gasteiger partial charge < -0.3 is 4.57 Å². The van der Waals surface area contributed by atoms with Crippen molar-refractivity contribution in [3.8, 4) is 79.0 Å². The smallest absolute Gasteiger partial charge is 0.160 e. The lowest BCUT2D eigenvalue weighted by Gasteiger charge is -2.16. The van der Waals surface area contributed by atoms with Gasteiger partial charge in [-0.05, 0) is 75.8 Å². The normalized spacial score (nSPS) is 11.1. The average molecular weight is 727 g/mol. The maximum absolute atomic E-state index is 10.6. The van der Waals surface area contributed by atoms with Gasteiger partial charge in [0.2, 0.25) is 0 Å². The Balaban J connectivity index is 1.26. The van der Waals surface area contributed by atoms with Crippen LogP contribution in [0.1, 0.15) is 5.56 Å². The van der Waals surface area contributed by atoms with E-state index in [2.05, 4.69) is 150 Å². The summed E-state index contributed by atoms with van der Waals surface area (Å²) >= 11 is 0. The van der Waals surface area contributed by atoms with Crippen LogP contribution in [0, 0.1) is 11.3 Å². The molecule has 4 nitrogen and oxygen atoms in total. The molecule has 0 saturated heterocycles. The fourth-order valence-corrected chi connectivity index (χ4v) is 7.89. The molecule has 0 spiro atoms. The highest BCUT2D eigenvalue weighted by molar-refractivity contribution is 6.12. The van der Waals surface area contributed by atoms with Crippen LogP contribution in [0.4, 0.5) is 0 Å². The van der Waals surface area contributed by atoms with Crippen LogP contribution < -0.4 is 0 Å². The lowest BCUT2D eigenvalue weighted by molar-refractivity contribution is 1.15. The van der Waals surface area contributed by atoms with Gasteiger partial charge >= 0.3 is 0 Å². The Morgan fingerprint density at radius 2 is 0.737 bits per heavy atom. The molecule has 10 rings (SSSR count). The molecule has 2 heterocycles. The van der Waals surface area contributed by atoms with Crippen LogP contribution in [0.25, 0.3) is 94.8 Å². The van der Waals surface area contributed by atoms with E-state index < -0.39 is 0 Å². The van der Waals surface area contributed by atoms with Crippen molar-refractivity contribution < 1.29 is 0 Å². The number of nitriles is 1. The van der Waals surface area contributed by atoms with Gasteiger partial charge in [-0.25, -0.2) is 9.97 Å². The Hall–Kier alpha value is -7.87. The molecule has 0 atom stereocenters. The van der Waals surface area contributed by atoms with Gasteiger partial charge in [0, 0.05) is 33.2 Å². The predicted molar refractivity (Wildman–Crippen MR) is 234 cm³/mol. The van der Waals surface area contributed by atoms with Crippen molar-refractivity contribution >= 4 is 21.8 Å². The quantitative estimate of drug-likeness (QED) is 0.164. The summed E-state index contributed by atoms with van der Waals surface area (Å²) in [5, 5.41) is 12.9. The van der Waals surface area contributed by atoms with Gasteiger partial charge in [-0.3, -0.25) is 0 Å². The molecule has 0 aliphatic carbocycles. The zero-order valence-corrected chi connectivity index (χ0v) is 30.9. The Labute approximate surface area is 331 Å². The fourth-order valence-electron chi connectivity index (χ4n) is 7.89. The van der Waals surface area contributed by atoms with E-state index in [9.17, 15) is 5.26 Å². The van der Waals surface area contributed by atoms with E-state index in [0.717, 1.165) is 44.5 Å². The van der Waals surface area contributed by atoms with Gasteiger partial charge in [-0.15, -0.1) is 0 Å². The third-order valence-corrected chi connectivity index (χ3v) is 10.6. The molecular weight excluding hydrogens is 693 g/mol. The molecule has 0 N–H and O–H groups in total. The zero-order chi connectivity index (χ0) is 38.1. The SMILES string of the molecule is N#Cc1c(-c2ccccc2)nc(-c2cc(-c3ccccc3)cc(-n3c4ccc(-c5ccccc5)cc4c4cc(-c5ccccc5)ccc43)c2)nc1-c1ccccc1. The van der Waals surface area contributed by atoms with Crippen molar-refractivity contribution in [1.29, 1.82) is 5.26 Å². The molecule has 266 valence electrons. The highest BCUT2D eigenvalue weighted by Gasteiger charge is 2.21. The largest absolute Gasteiger partial charge is 0.309 e. The van der Waals surface area contributed by atoms with E-state index in [1.165, 1.54) is 33.0 Å². The van der Waals surface area contributed by atoms with Gasteiger partial charge in [0.25, 0.3) is 0 Å². The molecule has 0 fully saturated rings. The fraction of sp³-hybridized carbons (Fsp3) is 0. The summed E-state index contributed by atoms with van der Waals surface area (Å²) in [6.45, 7) is 0. The minimum absolute atomic E-state index is 0.446. The maximum atomic E-state index is 10.6. The van der Waals surface area contributed by atoms with Crippen LogP contribution in [0.2, 0.25) is 0 Å². The van der Waals surface area contributed by atoms with E-state index in [1.807, 2.05) is 66.7 Å². The molecule has 10 aromatic rings. The standard InChI is InChI=1S/C53H34N4/c54-35-48-51(39-22-12-4-13-23-39)55-53(56-52(48)40-24-14-5-15-25-40)44-30-43(38-20-10-3-11-21-38)31-45(32-44)57-49-28-26-41(36-16-6-1-7-17-36)33-46(49)47-34-42(27-29-50(47)57)37-18-8-2-9-19-37/h1-34H. The Bertz CT molecular complexity index is 2940. The summed E-state index contributed by atoms with van der Waals surface area (Å²) < 4.78 is 2.37. The second-order valence-electron chi connectivity index (χ2n) is 14.1. The monoisotopic (exact) mass is 726 g/mol. The van der Waals surface area contributed by atoms with Crippen LogP contribution in [0.5, 0.6) is 0 Å². The third kappa shape index (κ3) is 6.24. The molecule has 57 heavy (non-hydrogen) atoms. The number of hydrogen-bond acceptors (Lipinski definition) is 3. The lowest BCUT2D eigenvalue weighted by Crippen LogP contribution is -2.02. The van der Waals surface area contributed by atoms with E-state index in [0.29, 0.717) is 22.8 Å². The molecule has 0 saturated carbocycles. The van der Waals surface area contributed by atoms with Gasteiger partial charge in [-0.2, -0.15) is 5.26 Å². The summed E-state index contributed by atoms with van der Waals surface area (Å²) in [6, 6.07) is 74.0. The summed E-state index contributed by atoms with van der Waals surface area (Å²) in [7, 11) is 0. The Morgan fingerprint density at radius 1 is 0.351 bits per heavy atom. The zero-order valence-electron chi connectivity index (χ0n) is 30.9. The predicted octanol–water partition coefficient (Wildman–Crippen LogP) is 13.4. The average Bonchev–Trinajstić information content (AvgIpc) is 3.63. The van der Waals surface area contributed by atoms with Crippen molar-refractivity contribution in [2.75, 3.05) is 0 Å². The molecule has 4 heteroatoms. The minimum atomic E-state index is 0.446. The van der Waals surface area contributed by atoms with Crippen molar-refractivity contribution in [2.24, 2.45) is 0 Å². The first-order valence-electron chi connectivity index (χ1n) is 19.1. The first kappa shape index (κ1) is 33.7. The van der Waals surface area contributed by atoms with Gasteiger partial charge in [0.05, 0.1) is 22.4 Å².